The van der Waals surface area contributed by atoms with Crippen LogP contribution in [-0.4, -0.2) is 102 Å². The number of anilines is 1. The first-order chi connectivity index (χ1) is 20.4. The van der Waals surface area contributed by atoms with Crippen LogP contribution >= 0.6 is 15.6 Å². The molecule has 0 radical (unpaired) electrons. The summed E-state index contributed by atoms with van der Waals surface area (Å²) >= 11 is 0. The van der Waals surface area contributed by atoms with E-state index in [1.807, 2.05) is 0 Å². The van der Waals surface area contributed by atoms with Crippen molar-refractivity contribution < 1.29 is 66.7 Å². The van der Waals surface area contributed by atoms with Gasteiger partial charge >= 0.3 is 0 Å². The number of aliphatic hydroxyl groups excluding tert-OH is 3. The highest BCUT2D eigenvalue weighted by Crippen LogP contribution is 2.57. The van der Waals surface area contributed by atoms with E-state index >= 15 is 0 Å². The van der Waals surface area contributed by atoms with Crippen molar-refractivity contribution in [3.63, 3.8) is 0 Å². The number of carbonyl (C=O) groups is 2. The number of hydrogen-bond acceptors (Lipinski definition) is 18. The zero-order chi connectivity index (χ0) is 32.7. The number of nitrogens with two attached hydrogens (primary N) is 1. The Morgan fingerprint density at radius 3 is 2.36 bits per heavy atom. The zero-order valence-corrected chi connectivity index (χ0v) is 24.8. The van der Waals surface area contributed by atoms with E-state index in [2.05, 4.69) is 34.4 Å². The second kappa shape index (κ2) is 12.9. The lowest BCUT2D eigenvalue weighted by molar-refractivity contribution is -0.271. The van der Waals surface area contributed by atoms with Gasteiger partial charge in [0.05, 0.1) is 25.1 Å². The van der Waals surface area contributed by atoms with Gasteiger partial charge in [-0.25, -0.2) is 9.29 Å². The smallest absolute Gasteiger partial charge is 0.280 e. The number of nitrogens with zero attached hydrogens (tertiary/aromatic N) is 3. The van der Waals surface area contributed by atoms with Crippen molar-refractivity contribution >= 4 is 44.6 Å². The van der Waals surface area contributed by atoms with Gasteiger partial charge in [-0.3, -0.25) is 37.6 Å². The van der Waals surface area contributed by atoms with Gasteiger partial charge in [0.2, 0.25) is 17.8 Å². The molecular weight excluding hydrogens is 640 g/mol. The first kappa shape index (κ1) is 34.0. The number of aromatic amines is 1. The maximum absolute atomic E-state index is 12.5. The number of rotatable bonds is 10. The van der Waals surface area contributed by atoms with E-state index < -0.39 is 94.7 Å². The molecule has 2 unspecified atom stereocenters. The lowest BCUT2D eigenvalue weighted by atomic mass is 9.95. The fourth-order valence-electron chi connectivity index (χ4n) is 4.64. The van der Waals surface area contributed by atoms with Crippen molar-refractivity contribution in [2.45, 2.75) is 75.9 Å². The molecule has 0 aliphatic carbocycles. The van der Waals surface area contributed by atoms with Crippen LogP contribution in [0.3, 0.4) is 0 Å². The van der Waals surface area contributed by atoms with E-state index in [9.17, 15) is 48.6 Å². The Morgan fingerprint density at radius 1 is 1.09 bits per heavy atom. The minimum atomic E-state index is -5.88. The maximum atomic E-state index is 12.5. The van der Waals surface area contributed by atoms with Crippen LogP contribution in [0.25, 0.3) is 11.2 Å². The Bertz CT molecular complexity index is 1550. The quantitative estimate of drug-likeness (QED) is 0.117. The molecule has 2 saturated heterocycles. The van der Waals surface area contributed by atoms with Gasteiger partial charge in [0.15, 0.2) is 23.7 Å². The van der Waals surface area contributed by atoms with Crippen LogP contribution in [0.15, 0.2) is 11.1 Å². The number of nitrogens with one attached hydrogen (secondary N) is 3. The largest absolute Gasteiger partial charge is 0.756 e. The number of aliphatic hydroxyl groups is 3. The van der Waals surface area contributed by atoms with Gasteiger partial charge in [-0.15, -0.1) is 0 Å². The second-order valence-electron chi connectivity index (χ2n) is 9.85. The molecule has 22 nitrogen and oxygen atoms in total. The third kappa shape index (κ3) is 7.50. The minimum Gasteiger partial charge on any atom is -0.756 e. The lowest BCUT2D eigenvalue weighted by Crippen LogP contribution is -2.67. The van der Waals surface area contributed by atoms with Crippen LogP contribution in [0.5, 0.6) is 0 Å². The van der Waals surface area contributed by atoms with E-state index in [0.717, 1.165) is 24.7 Å². The summed E-state index contributed by atoms with van der Waals surface area (Å²) in [5.74, 6) is -1.62. The van der Waals surface area contributed by atoms with Gasteiger partial charge in [-0.2, -0.15) is 4.98 Å². The van der Waals surface area contributed by atoms with E-state index in [4.69, 9.17) is 19.7 Å². The molecule has 44 heavy (non-hydrogen) atoms. The fourth-order valence-corrected chi connectivity index (χ4v) is 6.73. The van der Waals surface area contributed by atoms with Crippen LogP contribution in [0.4, 0.5) is 5.95 Å². The number of carbonyl (C=O) groups excluding carboxylic acids is 2. The summed E-state index contributed by atoms with van der Waals surface area (Å²) < 4.78 is 50.2. The Kier molecular flexibility index (Phi) is 9.95. The van der Waals surface area contributed by atoms with Crippen molar-refractivity contribution in [1.29, 1.82) is 0 Å². The molecular formula is C20H29N7O15P2-2. The molecule has 24 heteroatoms. The van der Waals surface area contributed by atoms with Gasteiger partial charge in [0, 0.05) is 13.8 Å². The predicted molar refractivity (Wildman–Crippen MR) is 137 cm³/mol. The number of hydrogen-bond donors (Lipinski definition) is 7. The number of aromatic nitrogens is 4. The summed E-state index contributed by atoms with van der Waals surface area (Å²) in [5, 5.41) is 36.2. The van der Waals surface area contributed by atoms with Gasteiger partial charge in [0.25, 0.3) is 21.2 Å². The molecule has 0 spiro atoms. The highest BCUT2D eigenvalue weighted by atomic mass is 31.3. The molecule has 0 bridgehead atoms. The van der Waals surface area contributed by atoms with Crippen LogP contribution in [0, 0.1) is 0 Å². The molecule has 4 heterocycles. The third-order valence-corrected chi connectivity index (χ3v) is 9.05. The topological polar surface area (TPSA) is 335 Å². The Balaban J connectivity index is 1.41. The molecule has 8 N–H and O–H groups in total. The second-order valence-corrected chi connectivity index (χ2v) is 12.8. The van der Waals surface area contributed by atoms with Crippen molar-refractivity contribution in [3.05, 3.63) is 16.7 Å². The third-order valence-electron chi connectivity index (χ3n) is 6.52. The van der Waals surface area contributed by atoms with Crippen LogP contribution < -0.4 is 31.7 Å². The first-order valence-electron chi connectivity index (χ1n) is 12.7. The molecule has 2 aromatic rings. The molecule has 2 aromatic heterocycles. The number of phosphoric acid groups is 2. The predicted octanol–water partition coefficient (Wildman–Crippen LogP) is -4.58. The molecule has 2 aliphatic heterocycles. The Labute approximate surface area is 246 Å². The Hall–Kier alpha value is -2.85. The lowest BCUT2D eigenvalue weighted by Gasteiger charge is -2.45. The molecule has 2 aliphatic rings. The van der Waals surface area contributed by atoms with Crippen LogP contribution in [0.1, 0.15) is 27.0 Å². The van der Waals surface area contributed by atoms with Crippen molar-refractivity contribution in [2.75, 3.05) is 12.3 Å². The average Bonchev–Trinajstić information content (AvgIpc) is 3.42. The van der Waals surface area contributed by atoms with Crippen LogP contribution in [-0.2, 0) is 41.6 Å². The monoisotopic (exact) mass is 669 g/mol. The summed E-state index contributed by atoms with van der Waals surface area (Å²) in [6.45, 7) is 2.45. The number of imidazole rings is 1. The van der Waals surface area contributed by atoms with Crippen molar-refractivity contribution in [1.82, 2.24) is 30.2 Å². The number of amides is 2. The summed E-state index contributed by atoms with van der Waals surface area (Å²) in [5.41, 5.74) is 4.53. The summed E-state index contributed by atoms with van der Waals surface area (Å²) in [7, 11) is -11.7. The molecule has 11 atom stereocenters. The van der Waals surface area contributed by atoms with Gasteiger partial charge in [-0.05, 0) is 6.92 Å². The van der Waals surface area contributed by atoms with Gasteiger partial charge in [-0.1, -0.05) is 0 Å². The van der Waals surface area contributed by atoms with Crippen molar-refractivity contribution in [3.8, 4) is 0 Å². The normalized spacial score (nSPS) is 33.4. The fraction of sp³-hybridized carbons (Fsp3) is 0.650. The molecule has 2 amide bonds. The van der Waals surface area contributed by atoms with Gasteiger partial charge < -0.3 is 55.5 Å². The molecule has 0 aromatic carbocycles. The average molecular weight is 669 g/mol. The molecule has 2 fully saturated rings. The van der Waals surface area contributed by atoms with Crippen LogP contribution in [0.2, 0.25) is 0 Å². The van der Waals surface area contributed by atoms with Gasteiger partial charge in [0.1, 0.15) is 30.5 Å². The SMILES string of the molecule is CC(=O)N[C@H]1[C@@H](OP(=O)([O-])OP(=O)([O-])OC[C@H]2O[C@@H](n3cnc4c(=O)[nH]c(N)nc43)[C@H](O)[C@@H]2O)O[C@H](C)[C@@H](NC(C)=O)[C@@H]1O. The number of phosphoric ester groups is 2. The number of H-pyrrole nitrogens is 1. The number of ether oxygens (including phenoxy) is 2. The highest BCUT2D eigenvalue weighted by molar-refractivity contribution is 7.59. The molecule has 0 saturated carbocycles. The van der Waals surface area contributed by atoms with E-state index in [1.54, 1.807) is 0 Å². The molecule has 246 valence electrons. The minimum absolute atomic E-state index is 0.128. The van der Waals surface area contributed by atoms with Crippen molar-refractivity contribution in [2.24, 2.45) is 0 Å². The standard InChI is InChI=1S/C20H31N7O15P2/c1-6-10(23-7(2)28)14(31)11(24-8(3)29)19(39-6)41-44(36,37)42-43(34,35)38-4-9-13(30)15(32)18(40-9)27-5-22-12-16(27)25-20(21)26-17(12)33/h5-6,9-11,13-15,18-19,30-32H,4H2,1-3H3,(H,23,28)(H,24,29)(H,34,35)(H,36,37)(H3,21,25,26,33)/p-2/t6-,9-,10-,11-,13-,14+,15-,18-,19-/m1/s1. The Morgan fingerprint density at radius 2 is 1.73 bits per heavy atom. The number of nitrogen functional groups attached to an aromatic ring is 1. The molecule has 4 rings (SSSR count). The highest BCUT2D eigenvalue weighted by Gasteiger charge is 2.47. The van der Waals surface area contributed by atoms with E-state index in [0.29, 0.717) is 0 Å². The maximum Gasteiger partial charge on any atom is 0.280 e. The van der Waals surface area contributed by atoms with E-state index in [1.165, 1.54) is 6.92 Å². The first-order valence-corrected chi connectivity index (χ1v) is 15.6. The number of fused-ring (bicyclic) bond motifs is 1. The van der Waals surface area contributed by atoms with E-state index in [-0.39, 0.29) is 17.1 Å². The zero-order valence-electron chi connectivity index (χ0n) is 23.0. The summed E-state index contributed by atoms with van der Waals surface area (Å²) in [6.07, 6.45) is -10.2. The summed E-state index contributed by atoms with van der Waals surface area (Å²) in [6, 6.07) is -2.73. The summed E-state index contributed by atoms with van der Waals surface area (Å²) in [4.78, 5) is 70.1.